The first-order valence-electron chi connectivity index (χ1n) is 7.58. The molecule has 0 spiro atoms. The van der Waals surface area contributed by atoms with Crippen molar-refractivity contribution in [3.05, 3.63) is 65.2 Å². The van der Waals surface area contributed by atoms with E-state index in [0.717, 1.165) is 0 Å². The van der Waals surface area contributed by atoms with E-state index in [0.29, 0.717) is 17.7 Å². The number of rotatable bonds is 6. The third-order valence-corrected chi connectivity index (χ3v) is 3.55. The van der Waals surface area contributed by atoms with Gasteiger partial charge in [-0.3, -0.25) is 0 Å². The van der Waals surface area contributed by atoms with Crippen molar-refractivity contribution in [1.29, 1.82) is 0 Å². The second-order valence-corrected chi connectivity index (χ2v) is 5.44. The van der Waals surface area contributed by atoms with Gasteiger partial charge < -0.3 is 15.0 Å². The topological polar surface area (TPSA) is 41.6 Å². The molecule has 0 bridgehead atoms. The highest BCUT2D eigenvalue weighted by Crippen LogP contribution is 2.15. The number of ether oxygens (including phenoxy) is 1. The van der Waals surface area contributed by atoms with Gasteiger partial charge in [-0.25, -0.2) is 13.6 Å². The number of amides is 2. The molecule has 0 radical (unpaired) electrons. The van der Waals surface area contributed by atoms with Gasteiger partial charge in [-0.05, 0) is 36.2 Å². The Bertz CT molecular complexity index is 707. The van der Waals surface area contributed by atoms with Crippen molar-refractivity contribution in [2.45, 2.75) is 13.5 Å². The van der Waals surface area contributed by atoms with Gasteiger partial charge in [-0.2, -0.15) is 0 Å². The van der Waals surface area contributed by atoms with E-state index in [1.807, 2.05) is 0 Å². The molecule has 0 saturated heterocycles. The van der Waals surface area contributed by atoms with E-state index < -0.39 is 5.82 Å². The summed E-state index contributed by atoms with van der Waals surface area (Å²) in [5.41, 5.74) is 1.25. The van der Waals surface area contributed by atoms with E-state index in [9.17, 15) is 13.6 Å². The molecule has 2 rings (SSSR count). The summed E-state index contributed by atoms with van der Waals surface area (Å²) < 4.78 is 32.1. The van der Waals surface area contributed by atoms with Crippen LogP contribution in [0.2, 0.25) is 0 Å². The zero-order valence-corrected chi connectivity index (χ0v) is 13.7. The van der Waals surface area contributed by atoms with E-state index in [1.165, 1.54) is 23.1 Å². The summed E-state index contributed by atoms with van der Waals surface area (Å²) >= 11 is 0. The van der Waals surface area contributed by atoms with Crippen LogP contribution in [0.4, 0.5) is 13.6 Å². The molecule has 6 heteroatoms. The van der Waals surface area contributed by atoms with E-state index in [1.54, 1.807) is 38.2 Å². The maximum atomic E-state index is 13.5. The van der Waals surface area contributed by atoms with Crippen molar-refractivity contribution in [3.63, 3.8) is 0 Å². The minimum atomic E-state index is -0.439. The summed E-state index contributed by atoms with van der Waals surface area (Å²) in [6, 6.07) is 10.6. The third kappa shape index (κ3) is 4.94. The van der Waals surface area contributed by atoms with Gasteiger partial charge in [0.15, 0.2) is 11.6 Å². The maximum Gasteiger partial charge on any atom is 0.317 e. The lowest BCUT2D eigenvalue weighted by atomic mass is 10.1. The third-order valence-electron chi connectivity index (χ3n) is 3.55. The molecule has 0 saturated carbocycles. The summed E-state index contributed by atoms with van der Waals surface area (Å²) in [5.74, 6) is -0.583. The van der Waals surface area contributed by atoms with Gasteiger partial charge in [0.25, 0.3) is 0 Å². The summed E-state index contributed by atoms with van der Waals surface area (Å²) in [6.07, 6.45) is 0. The van der Waals surface area contributed by atoms with Crippen molar-refractivity contribution in [3.8, 4) is 5.75 Å². The lowest BCUT2D eigenvalue weighted by Gasteiger charge is -2.18. The monoisotopic (exact) mass is 334 g/mol. The minimum absolute atomic E-state index is 0.154. The summed E-state index contributed by atoms with van der Waals surface area (Å²) in [7, 11) is 1.61. The van der Waals surface area contributed by atoms with Gasteiger partial charge in [0.1, 0.15) is 12.4 Å². The highest BCUT2D eigenvalue weighted by Gasteiger charge is 2.09. The maximum absolute atomic E-state index is 13.5. The van der Waals surface area contributed by atoms with Gasteiger partial charge in [0.2, 0.25) is 0 Å². The largest absolute Gasteiger partial charge is 0.489 e. The number of carbonyl (C=O) groups excluding carboxylic acids is 1. The fourth-order valence-corrected chi connectivity index (χ4v) is 2.01. The van der Waals surface area contributed by atoms with Crippen molar-refractivity contribution in [1.82, 2.24) is 10.2 Å². The number of aryl methyl sites for hydroxylation is 1. The van der Waals surface area contributed by atoms with Crippen LogP contribution in [0, 0.1) is 18.6 Å². The van der Waals surface area contributed by atoms with Gasteiger partial charge in [-0.1, -0.05) is 24.3 Å². The van der Waals surface area contributed by atoms with Crippen molar-refractivity contribution in [2.24, 2.45) is 0 Å². The molecule has 0 heterocycles. The first kappa shape index (κ1) is 17.7. The Hall–Kier alpha value is -2.63. The molecule has 0 aliphatic carbocycles. The van der Waals surface area contributed by atoms with Crippen molar-refractivity contribution in [2.75, 3.05) is 20.2 Å². The number of urea groups is 1. The number of likely N-dealkylation sites (N-methyl/N-ethyl adjacent to an activating group) is 1. The number of benzene rings is 2. The molecule has 2 aromatic carbocycles. The predicted octanol–water partition coefficient (Wildman–Crippen LogP) is 3.49. The summed E-state index contributed by atoms with van der Waals surface area (Å²) in [5, 5.41) is 2.70. The summed E-state index contributed by atoms with van der Waals surface area (Å²) in [6.45, 7) is 2.38. The molecular formula is C18H20F2N2O2. The fraction of sp³-hybridized carbons (Fsp3) is 0.278. The SMILES string of the molecule is Cc1ccc(CNC(=O)N(C)CCOc2ccccc2F)cc1F. The van der Waals surface area contributed by atoms with Crippen LogP contribution in [0.3, 0.4) is 0 Å². The van der Waals surface area contributed by atoms with Gasteiger partial charge in [-0.15, -0.1) is 0 Å². The Labute approximate surface area is 140 Å². The number of halogens is 2. The molecule has 0 unspecified atom stereocenters. The summed E-state index contributed by atoms with van der Waals surface area (Å²) in [4.78, 5) is 13.4. The molecule has 0 aliphatic heterocycles. The second kappa shape index (κ2) is 8.29. The molecule has 2 amide bonds. The zero-order chi connectivity index (χ0) is 17.5. The van der Waals surface area contributed by atoms with Crippen LogP contribution >= 0.6 is 0 Å². The first-order chi connectivity index (χ1) is 11.5. The smallest absolute Gasteiger partial charge is 0.317 e. The Balaban J connectivity index is 1.75. The van der Waals surface area contributed by atoms with Crippen LogP contribution in [0.5, 0.6) is 5.75 Å². The average molecular weight is 334 g/mol. The predicted molar refractivity (Wildman–Crippen MR) is 87.9 cm³/mol. The number of nitrogens with one attached hydrogen (secondary N) is 1. The van der Waals surface area contributed by atoms with Crippen LogP contribution in [0.15, 0.2) is 42.5 Å². The van der Waals surface area contributed by atoms with E-state index >= 15 is 0 Å². The highest BCUT2D eigenvalue weighted by molar-refractivity contribution is 5.73. The van der Waals surface area contributed by atoms with E-state index in [4.69, 9.17) is 4.74 Å². The lowest BCUT2D eigenvalue weighted by Crippen LogP contribution is -2.39. The first-order valence-corrected chi connectivity index (χ1v) is 7.58. The number of para-hydroxylation sites is 1. The molecule has 0 aromatic heterocycles. The van der Waals surface area contributed by atoms with Crippen molar-refractivity contribution >= 4 is 6.03 Å². The normalized spacial score (nSPS) is 10.3. The van der Waals surface area contributed by atoms with Crippen molar-refractivity contribution < 1.29 is 18.3 Å². The van der Waals surface area contributed by atoms with Gasteiger partial charge in [0, 0.05) is 13.6 Å². The van der Waals surface area contributed by atoms with Gasteiger partial charge in [0.05, 0.1) is 6.54 Å². The number of nitrogens with zero attached hydrogens (tertiary/aromatic N) is 1. The molecule has 1 N–H and O–H groups in total. The Morgan fingerprint density at radius 3 is 2.62 bits per heavy atom. The van der Waals surface area contributed by atoms with E-state index in [-0.39, 0.29) is 30.7 Å². The van der Waals surface area contributed by atoms with Crippen LogP contribution < -0.4 is 10.1 Å². The second-order valence-electron chi connectivity index (χ2n) is 5.44. The standard InChI is InChI=1S/C18H20F2N2O2/c1-13-7-8-14(11-16(13)20)12-21-18(23)22(2)9-10-24-17-6-4-3-5-15(17)19/h3-8,11H,9-10,12H2,1-2H3,(H,21,23). The number of carbonyl (C=O) groups is 1. The average Bonchev–Trinajstić information content (AvgIpc) is 2.57. The molecule has 0 aliphatic rings. The Kier molecular flexibility index (Phi) is 6.12. The lowest BCUT2D eigenvalue weighted by molar-refractivity contribution is 0.193. The molecule has 4 nitrogen and oxygen atoms in total. The molecule has 128 valence electrons. The fourth-order valence-electron chi connectivity index (χ4n) is 2.01. The van der Waals surface area contributed by atoms with Crippen LogP contribution in [0.1, 0.15) is 11.1 Å². The molecular weight excluding hydrogens is 314 g/mol. The highest BCUT2D eigenvalue weighted by atomic mass is 19.1. The Morgan fingerprint density at radius 2 is 1.92 bits per heavy atom. The zero-order valence-electron chi connectivity index (χ0n) is 13.7. The van der Waals surface area contributed by atoms with Crippen LogP contribution in [-0.2, 0) is 6.54 Å². The van der Waals surface area contributed by atoms with Crippen LogP contribution in [0.25, 0.3) is 0 Å². The minimum Gasteiger partial charge on any atom is -0.489 e. The molecule has 24 heavy (non-hydrogen) atoms. The van der Waals surface area contributed by atoms with Crippen LogP contribution in [-0.4, -0.2) is 31.1 Å². The number of hydrogen-bond donors (Lipinski definition) is 1. The number of hydrogen-bond acceptors (Lipinski definition) is 2. The molecule has 2 aromatic rings. The Morgan fingerprint density at radius 1 is 1.17 bits per heavy atom. The van der Waals surface area contributed by atoms with Gasteiger partial charge >= 0.3 is 6.03 Å². The quantitative estimate of drug-likeness (QED) is 0.878. The van der Waals surface area contributed by atoms with E-state index in [2.05, 4.69) is 5.32 Å². The molecule has 0 fully saturated rings. The molecule has 0 atom stereocenters.